The molecule has 4 rings (SSSR count). The standard InChI is InChI=1S/C21H23N5OS/c1-4-12-27-25-16-9-11-26(3)18-8-7-17(24-19(16)18)20-14(2)23-21(28-20)15-6-5-10-22-13-15/h5-8,10,13H,4,9,11-12H2,1-3H3. The minimum Gasteiger partial charge on any atom is -0.396 e. The fourth-order valence-corrected chi connectivity index (χ4v) is 4.19. The van der Waals surface area contributed by atoms with Gasteiger partial charge in [-0.3, -0.25) is 4.98 Å². The third-order valence-electron chi connectivity index (χ3n) is 4.65. The van der Waals surface area contributed by atoms with E-state index in [0.29, 0.717) is 6.61 Å². The summed E-state index contributed by atoms with van der Waals surface area (Å²) in [6, 6.07) is 8.14. The Balaban J connectivity index is 1.73. The number of hydrogen-bond acceptors (Lipinski definition) is 7. The van der Waals surface area contributed by atoms with Crippen molar-refractivity contribution >= 4 is 22.7 Å². The van der Waals surface area contributed by atoms with Gasteiger partial charge in [0, 0.05) is 38.0 Å². The zero-order chi connectivity index (χ0) is 19.5. The molecule has 7 heteroatoms. The summed E-state index contributed by atoms with van der Waals surface area (Å²) in [6.45, 7) is 5.63. The van der Waals surface area contributed by atoms with Crippen LogP contribution in [-0.4, -0.2) is 40.9 Å². The number of fused-ring (bicyclic) bond motifs is 1. The van der Waals surface area contributed by atoms with Crippen molar-refractivity contribution in [2.75, 3.05) is 25.1 Å². The first kappa shape index (κ1) is 18.6. The van der Waals surface area contributed by atoms with Gasteiger partial charge in [-0.25, -0.2) is 9.97 Å². The van der Waals surface area contributed by atoms with Crippen molar-refractivity contribution in [3.63, 3.8) is 0 Å². The van der Waals surface area contributed by atoms with Gasteiger partial charge in [-0.05, 0) is 37.6 Å². The van der Waals surface area contributed by atoms with Crippen LogP contribution in [0.25, 0.3) is 21.1 Å². The average molecular weight is 394 g/mol. The molecule has 0 fully saturated rings. The Morgan fingerprint density at radius 2 is 2.14 bits per heavy atom. The molecule has 0 aromatic carbocycles. The third kappa shape index (κ3) is 3.62. The summed E-state index contributed by atoms with van der Waals surface area (Å²) >= 11 is 1.64. The fraction of sp³-hybridized carbons (Fsp3) is 0.333. The molecule has 0 unspecified atom stereocenters. The van der Waals surface area contributed by atoms with Gasteiger partial charge in [0.2, 0.25) is 0 Å². The number of aryl methyl sites for hydroxylation is 1. The summed E-state index contributed by atoms with van der Waals surface area (Å²) in [7, 11) is 2.09. The topological polar surface area (TPSA) is 63.5 Å². The van der Waals surface area contributed by atoms with Gasteiger partial charge >= 0.3 is 0 Å². The molecule has 28 heavy (non-hydrogen) atoms. The molecule has 4 heterocycles. The minimum absolute atomic E-state index is 0.622. The second-order valence-corrected chi connectivity index (χ2v) is 7.78. The molecule has 3 aromatic rings. The van der Waals surface area contributed by atoms with Crippen LogP contribution < -0.4 is 4.90 Å². The van der Waals surface area contributed by atoms with Crippen molar-refractivity contribution in [1.82, 2.24) is 15.0 Å². The summed E-state index contributed by atoms with van der Waals surface area (Å²) in [5.74, 6) is 0. The van der Waals surface area contributed by atoms with Crippen LogP contribution in [0.2, 0.25) is 0 Å². The lowest BCUT2D eigenvalue weighted by Crippen LogP contribution is -2.29. The highest BCUT2D eigenvalue weighted by Gasteiger charge is 2.23. The summed E-state index contributed by atoms with van der Waals surface area (Å²) in [5, 5.41) is 5.32. The van der Waals surface area contributed by atoms with Gasteiger partial charge in [-0.15, -0.1) is 11.3 Å². The maximum absolute atomic E-state index is 5.46. The van der Waals surface area contributed by atoms with Gasteiger partial charge in [0.25, 0.3) is 0 Å². The van der Waals surface area contributed by atoms with Gasteiger partial charge in [0.15, 0.2) is 0 Å². The quantitative estimate of drug-likeness (QED) is 0.470. The van der Waals surface area contributed by atoms with E-state index in [1.165, 1.54) is 0 Å². The number of anilines is 1. The smallest absolute Gasteiger partial charge is 0.125 e. The van der Waals surface area contributed by atoms with Crippen LogP contribution in [0.5, 0.6) is 0 Å². The summed E-state index contributed by atoms with van der Waals surface area (Å²) in [4.78, 5) is 22.6. The van der Waals surface area contributed by atoms with Gasteiger partial charge in [0.1, 0.15) is 23.0 Å². The van der Waals surface area contributed by atoms with E-state index in [-0.39, 0.29) is 0 Å². The Kier molecular flexibility index (Phi) is 5.34. The lowest BCUT2D eigenvalue weighted by atomic mass is 10.0. The van der Waals surface area contributed by atoms with Gasteiger partial charge in [-0.1, -0.05) is 12.1 Å². The summed E-state index contributed by atoms with van der Waals surface area (Å²) < 4.78 is 0. The third-order valence-corrected chi connectivity index (χ3v) is 5.88. The molecule has 0 spiro atoms. The van der Waals surface area contributed by atoms with Crippen LogP contribution in [0.1, 0.15) is 31.2 Å². The van der Waals surface area contributed by atoms with Gasteiger partial charge < -0.3 is 9.74 Å². The zero-order valence-electron chi connectivity index (χ0n) is 16.3. The lowest BCUT2D eigenvalue weighted by molar-refractivity contribution is 0.144. The molecule has 0 radical (unpaired) electrons. The number of oxime groups is 1. The average Bonchev–Trinajstić information content (AvgIpc) is 3.12. The monoisotopic (exact) mass is 393 g/mol. The molecule has 0 N–H and O–H groups in total. The first-order chi connectivity index (χ1) is 13.7. The summed E-state index contributed by atoms with van der Waals surface area (Å²) in [6.07, 6.45) is 5.38. The molecule has 0 aliphatic carbocycles. The van der Waals surface area contributed by atoms with E-state index < -0.39 is 0 Å². The van der Waals surface area contributed by atoms with E-state index in [9.17, 15) is 0 Å². The van der Waals surface area contributed by atoms with Crippen molar-refractivity contribution in [2.24, 2.45) is 5.16 Å². The lowest BCUT2D eigenvalue weighted by Gasteiger charge is -2.27. The molecule has 0 saturated carbocycles. The van der Waals surface area contributed by atoms with Crippen LogP contribution in [0.3, 0.4) is 0 Å². The number of hydrogen-bond donors (Lipinski definition) is 0. The Morgan fingerprint density at radius 3 is 2.93 bits per heavy atom. The van der Waals surface area contributed by atoms with E-state index >= 15 is 0 Å². The SMILES string of the molecule is CCCON=C1CCN(C)c2ccc(-c3sc(-c4cccnc4)nc3C)nc21. The molecule has 0 bridgehead atoms. The van der Waals surface area contributed by atoms with Crippen LogP contribution in [0, 0.1) is 6.92 Å². The summed E-state index contributed by atoms with van der Waals surface area (Å²) in [5.41, 5.74) is 5.82. The maximum Gasteiger partial charge on any atom is 0.125 e. The van der Waals surface area contributed by atoms with E-state index in [1.54, 1.807) is 17.5 Å². The highest BCUT2D eigenvalue weighted by Crippen LogP contribution is 2.36. The first-order valence-corrected chi connectivity index (χ1v) is 10.3. The van der Waals surface area contributed by atoms with E-state index in [1.807, 2.05) is 25.3 Å². The van der Waals surface area contributed by atoms with Crippen molar-refractivity contribution < 1.29 is 4.84 Å². The Bertz CT molecular complexity index is 999. The fourth-order valence-electron chi connectivity index (χ4n) is 3.16. The molecule has 1 aliphatic rings. The Labute approximate surface area is 168 Å². The van der Waals surface area contributed by atoms with Crippen LogP contribution in [0.4, 0.5) is 5.69 Å². The molecule has 3 aromatic heterocycles. The molecule has 0 atom stereocenters. The highest BCUT2D eigenvalue weighted by molar-refractivity contribution is 7.18. The van der Waals surface area contributed by atoms with Crippen molar-refractivity contribution in [1.29, 1.82) is 0 Å². The first-order valence-electron chi connectivity index (χ1n) is 9.47. The van der Waals surface area contributed by atoms with E-state index in [4.69, 9.17) is 14.8 Å². The second kappa shape index (κ2) is 8.06. The van der Waals surface area contributed by atoms with Crippen molar-refractivity contribution in [2.45, 2.75) is 26.7 Å². The molecule has 1 aliphatic heterocycles. The Morgan fingerprint density at radius 1 is 1.25 bits per heavy atom. The zero-order valence-corrected chi connectivity index (χ0v) is 17.2. The number of thiazole rings is 1. The number of pyridine rings is 2. The molecule has 6 nitrogen and oxygen atoms in total. The molecular formula is C21H23N5OS. The van der Waals surface area contributed by atoms with E-state index in [0.717, 1.165) is 63.3 Å². The van der Waals surface area contributed by atoms with Crippen molar-refractivity contribution in [3.8, 4) is 21.1 Å². The molecule has 0 saturated heterocycles. The molecule has 0 amide bonds. The van der Waals surface area contributed by atoms with Crippen LogP contribution in [0.15, 0.2) is 41.8 Å². The Hall–Kier alpha value is -2.80. The maximum atomic E-state index is 5.46. The van der Waals surface area contributed by atoms with Gasteiger partial charge in [0.05, 0.1) is 22.0 Å². The van der Waals surface area contributed by atoms with Crippen LogP contribution in [-0.2, 0) is 4.84 Å². The number of nitrogens with zero attached hydrogens (tertiary/aromatic N) is 5. The van der Waals surface area contributed by atoms with E-state index in [2.05, 4.69) is 41.1 Å². The highest BCUT2D eigenvalue weighted by atomic mass is 32.1. The molecular weight excluding hydrogens is 370 g/mol. The second-order valence-electron chi connectivity index (χ2n) is 6.78. The van der Waals surface area contributed by atoms with Gasteiger partial charge in [-0.2, -0.15) is 0 Å². The number of rotatable bonds is 5. The molecule has 144 valence electrons. The largest absolute Gasteiger partial charge is 0.396 e. The minimum atomic E-state index is 0.622. The predicted octanol–water partition coefficient (Wildman–Crippen LogP) is 4.55. The van der Waals surface area contributed by atoms with Crippen LogP contribution >= 0.6 is 11.3 Å². The predicted molar refractivity (Wildman–Crippen MR) is 114 cm³/mol. The van der Waals surface area contributed by atoms with Crippen molar-refractivity contribution in [3.05, 3.63) is 48.0 Å². The normalized spacial score (nSPS) is 15.0. The number of aromatic nitrogens is 3.